The van der Waals surface area contributed by atoms with Crippen molar-refractivity contribution in [3.8, 4) is 11.6 Å². The lowest BCUT2D eigenvalue weighted by Crippen LogP contribution is -2.21. The summed E-state index contributed by atoms with van der Waals surface area (Å²) in [5.74, 6) is 1.35. The number of amides is 1. The fourth-order valence-corrected chi connectivity index (χ4v) is 3.04. The van der Waals surface area contributed by atoms with E-state index < -0.39 is 0 Å². The number of fused-ring (bicyclic) bond motifs is 1. The van der Waals surface area contributed by atoms with Gasteiger partial charge >= 0.3 is 0 Å². The third-order valence-corrected chi connectivity index (χ3v) is 4.26. The van der Waals surface area contributed by atoms with Crippen LogP contribution in [0, 0.1) is 13.8 Å². The van der Waals surface area contributed by atoms with Crippen molar-refractivity contribution in [1.82, 2.24) is 19.7 Å². The Morgan fingerprint density at radius 1 is 1.07 bits per heavy atom. The Morgan fingerprint density at radius 2 is 1.89 bits per heavy atom. The van der Waals surface area contributed by atoms with Gasteiger partial charge in [-0.1, -0.05) is 36.4 Å². The molecule has 28 heavy (non-hydrogen) atoms. The second kappa shape index (κ2) is 7.48. The number of aryl methyl sites for hydroxylation is 2. The fraction of sp³-hybridized carbons (Fsp3) is 0.143. The van der Waals surface area contributed by atoms with Gasteiger partial charge in [-0.3, -0.25) is 4.79 Å². The van der Waals surface area contributed by atoms with E-state index in [4.69, 9.17) is 4.74 Å². The van der Waals surface area contributed by atoms with Crippen LogP contribution >= 0.6 is 0 Å². The first-order valence-corrected chi connectivity index (χ1v) is 8.86. The minimum absolute atomic E-state index is 0.118. The largest absolute Gasteiger partial charge is 0.483 e. The number of carbonyl (C=O) groups is 1. The minimum Gasteiger partial charge on any atom is -0.483 e. The van der Waals surface area contributed by atoms with Crippen molar-refractivity contribution < 1.29 is 9.53 Å². The predicted octanol–water partition coefficient (Wildman–Crippen LogP) is 3.45. The number of hydrogen-bond acceptors (Lipinski definition) is 5. The molecule has 2 aromatic carbocycles. The molecule has 2 heterocycles. The lowest BCUT2D eigenvalue weighted by Gasteiger charge is -2.10. The molecule has 1 N–H and O–H groups in total. The van der Waals surface area contributed by atoms with Gasteiger partial charge < -0.3 is 10.1 Å². The molecule has 4 aromatic rings. The monoisotopic (exact) mass is 373 g/mol. The van der Waals surface area contributed by atoms with E-state index in [-0.39, 0.29) is 12.5 Å². The number of anilines is 1. The van der Waals surface area contributed by atoms with E-state index in [9.17, 15) is 4.79 Å². The van der Waals surface area contributed by atoms with Gasteiger partial charge in [0.25, 0.3) is 5.91 Å². The van der Waals surface area contributed by atoms with Gasteiger partial charge in [-0.05, 0) is 31.4 Å². The lowest BCUT2D eigenvalue weighted by atomic mass is 10.1. The van der Waals surface area contributed by atoms with Crippen molar-refractivity contribution in [3.05, 3.63) is 72.3 Å². The van der Waals surface area contributed by atoms with Gasteiger partial charge in [0.1, 0.15) is 17.9 Å². The van der Waals surface area contributed by atoms with E-state index >= 15 is 0 Å². The molecule has 0 bridgehead atoms. The number of ether oxygens (including phenoxy) is 1. The Kier molecular flexibility index (Phi) is 4.72. The van der Waals surface area contributed by atoms with Gasteiger partial charge in [0.2, 0.25) is 0 Å². The number of benzene rings is 2. The topological polar surface area (TPSA) is 81.9 Å². The summed E-state index contributed by atoms with van der Waals surface area (Å²) in [6, 6.07) is 17.3. The van der Waals surface area contributed by atoms with Crippen LogP contribution in [0.15, 0.2) is 60.9 Å². The summed E-state index contributed by atoms with van der Waals surface area (Å²) >= 11 is 0. The molecule has 0 saturated carbocycles. The summed E-state index contributed by atoms with van der Waals surface area (Å²) < 4.78 is 7.43. The normalized spacial score (nSPS) is 10.8. The molecule has 4 rings (SSSR count). The van der Waals surface area contributed by atoms with E-state index in [0.29, 0.717) is 17.4 Å². The van der Waals surface area contributed by atoms with Crippen molar-refractivity contribution in [3.63, 3.8) is 0 Å². The molecular formula is C21H19N5O2. The highest BCUT2D eigenvalue weighted by atomic mass is 16.5. The molecule has 0 unspecified atom stereocenters. The van der Waals surface area contributed by atoms with Crippen molar-refractivity contribution >= 4 is 22.5 Å². The first kappa shape index (κ1) is 17.7. The first-order chi connectivity index (χ1) is 13.6. The third-order valence-electron chi connectivity index (χ3n) is 4.26. The highest BCUT2D eigenvalue weighted by Gasteiger charge is 2.10. The molecule has 0 saturated heterocycles. The Balaban J connectivity index is 1.45. The van der Waals surface area contributed by atoms with Gasteiger partial charge in [-0.15, -0.1) is 0 Å². The maximum Gasteiger partial charge on any atom is 0.263 e. The molecule has 0 aliphatic carbocycles. The molecule has 7 nitrogen and oxygen atoms in total. The summed E-state index contributed by atoms with van der Waals surface area (Å²) in [5, 5.41) is 9.16. The van der Waals surface area contributed by atoms with E-state index in [0.717, 1.165) is 22.2 Å². The smallest absolute Gasteiger partial charge is 0.263 e. The molecular weight excluding hydrogens is 354 g/mol. The summed E-state index contributed by atoms with van der Waals surface area (Å²) in [6.45, 7) is 3.74. The maximum atomic E-state index is 12.3. The van der Waals surface area contributed by atoms with E-state index in [1.165, 1.54) is 6.33 Å². The van der Waals surface area contributed by atoms with Gasteiger partial charge in [0, 0.05) is 17.1 Å². The molecule has 1 amide bonds. The van der Waals surface area contributed by atoms with Crippen LogP contribution in [0.4, 0.5) is 5.82 Å². The van der Waals surface area contributed by atoms with Crippen LogP contribution in [0.5, 0.6) is 5.75 Å². The van der Waals surface area contributed by atoms with Crippen molar-refractivity contribution in [2.45, 2.75) is 13.8 Å². The van der Waals surface area contributed by atoms with Crippen LogP contribution in [0.1, 0.15) is 11.4 Å². The standard InChI is InChI=1S/C21H19N5O2/c1-14-10-15(2)26(25-14)20-11-19(22-13-23-20)24-21(27)12-28-18-9-5-7-16-6-3-4-8-17(16)18/h3-11,13H,12H2,1-2H3,(H,22,23,24,27). The number of nitrogens with one attached hydrogen (secondary N) is 1. The van der Waals surface area contributed by atoms with E-state index in [1.54, 1.807) is 10.7 Å². The van der Waals surface area contributed by atoms with Crippen LogP contribution in [0.25, 0.3) is 16.6 Å². The second-order valence-electron chi connectivity index (χ2n) is 6.41. The quantitative estimate of drug-likeness (QED) is 0.579. The molecule has 0 aliphatic rings. The number of rotatable bonds is 5. The molecule has 0 spiro atoms. The van der Waals surface area contributed by atoms with Gasteiger partial charge in [0.15, 0.2) is 12.4 Å². The van der Waals surface area contributed by atoms with Crippen molar-refractivity contribution in [2.75, 3.05) is 11.9 Å². The molecule has 0 aliphatic heterocycles. The Hall–Kier alpha value is -3.74. The summed E-state index contributed by atoms with van der Waals surface area (Å²) in [6.07, 6.45) is 1.40. The second-order valence-corrected chi connectivity index (χ2v) is 6.41. The SMILES string of the molecule is Cc1cc(C)n(-c2cc(NC(=O)COc3cccc4ccccc34)ncn2)n1. The summed E-state index contributed by atoms with van der Waals surface area (Å²) in [7, 11) is 0. The first-order valence-electron chi connectivity index (χ1n) is 8.86. The van der Waals surface area contributed by atoms with Crippen LogP contribution in [-0.2, 0) is 4.79 Å². The molecule has 0 atom stereocenters. The highest BCUT2D eigenvalue weighted by molar-refractivity contribution is 5.92. The molecule has 7 heteroatoms. The zero-order valence-electron chi connectivity index (χ0n) is 15.6. The number of aromatic nitrogens is 4. The van der Waals surface area contributed by atoms with E-state index in [1.807, 2.05) is 62.4 Å². The summed E-state index contributed by atoms with van der Waals surface area (Å²) in [5.41, 5.74) is 1.85. The van der Waals surface area contributed by atoms with E-state index in [2.05, 4.69) is 20.4 Å². The fourth-order valence-electron chi connectivity index (χ4n) is 3.04. The van der Waals surface area contributed by atoms with Gasteiger partial charge in [-0.2, -0.15) is 5.10 Å². The lowest BCUT2D eigenvalue weighted by molar-refractivity contribution is -0.118. The summed E-state index contributed by atoms with van der Waals surface area (Å²) in [4.78, 5) is 20.7. The highest BCUT2D eigenvalue weighted by Crippen LogP contribution is 2.25. The molecule has 140 valence electrons. The third kappa shape index (κ3) is 3.68. The number of carbonyl (C=O) groups excluding carboxylic acids is 1. The average Bonchev–Trinajstić information content (AvgIpc) is 3.04. The average molecular weight is 373 g/mol. The predicted molar refractivity (Wildman–Crippen MR) is 107 cm³/mol. The number of nitrogens with zero attached hydrogens (tertiary/aromatic N) is 4. The van der Waals surface area contributed by atoms with Crippen LogP contribution < -0.4 is 10.1 Å². The van der Waals surface area contributed by atoms with Crippen molar-refractivity contribution in [1.29, 1.82) is 0 Å². The Bertz CT molecular complexity index is 1150. The molecule has 0 radical (unpaired) electrons. The number of hydrogen-bond donors (Lipinski definition) is 1. The molecule has 2 aromatic heterocycles. The Morgan fingerprint density at radius 3 is 2.71 bits per heavy atom. The van der Waals surface area contributed by atoms with Crippen LogP contribution in [0.3, 0.4) is 0 Å². The Labute approximate surface area is 162 Å². The van der Waals surface area contributed by atoms with Crippen LogP contribution in [0.2, 0.25) is 0 Å². The minimum atomic E-state index is -0.300. The zero-order valence-corrected chi connectivity index (χ0v) is 15.6. The molecule has 0 fully saturated rings. The van der Waals surface area contributed by atoms with Gasteiger partial charge in [0.05, 0.1) is 5.69 Å². The van der Waals surface area contributed by atoms with Gasteiger partial charge in [-0.25, -0.2) is 14.6 Å². The maximum absolute atomic E-state index is 12.3. The van der Waals surface area contributed by atoms with Crippen LogP contribution in [-0.4, -0.2) is 32.3 Å². The zero-order chi connectivity index (χ0) is 19.5. The van der Waals surface area contributed by atoms with Crippen molar-refractivity contribution in [2.24, 2.45) is 0 Å².